The lowest BCUT2D eigenvalue weighted by molar-refractivity contribution is -0.122. The number of aliphatic hydroxyl groups is 1. The molecule has 0 saturated heterocycles. The summed E-state index contributed by atoms with van der Waals surface area (Å²) in [7, 11) is 2.91. The largest absolute Gasteiger partial charge is 0.502 e. The normalized spacial score (nSPS) is 11.7. The standard InChI is InChI=1S/C19H22BrNO5/c1-25-16-8-12(9-17(26-2)19(16)24)6-7-18(23)21-15(11-22)13-4-3-5-14(20)10-13/h3-5,8-10,15,22,24H,6-7,11H2,1-2H3,(H,21,23). The fraction of sp³-hybridized carbons (Fsp3) is 0.316. The second kappa shape index (κ2) is 9.45. The number of benzene rings is 2. The highest BCUT2D eigenvalue weighted by molar-refractivity contribution is 9.10. The van der Waals surface area contributed by atoms with Gasteiger partial charge in [-0.3, -0.25) is 4.79 Å². The molecule has 0 heterocycles. The van der Waals surface area contributed by atoms with Crippen molar-refractivity contribution in [3.8, 4) is 17.2 Å². The topological polar surface area (TPSA) is 88.0 Å². The number of carbonyl (C=O) groups excluding carboxylic acids is 1. The van der Waals surface area contributed by atoms with E-state index >= 15 is 0 Å². The molecule has 2 aromatic rings. The Hall–Kier alpha value is -2.25. The van der Waals surface area contributed by atoms with Gasteiger partial charge in [0, 0.05) is 10.9 Å². The number of hydrogen-bond acceptors (Lipinski definition) is 5. The number of carbonyl (C=O) groups is 1. The maximum Gasteiger partial charge on any atom is 0.220 e. The van der Waals surface area contributed by atoms with Gasteiger partial charge in [0.05, 0.1) is 26.9 Å². The van der Waals surface area contributed by atoms with Crippen LogP contribution in [0.15, 0.2) is 40.9 Å². The highest BCUT2D eigenvalue weighted by Crippen LogP contribution is 2.37. The van der Waals surface area contributed by atoms with Crippen LogP contribution in [-0.4, -0.2) is 36.9 Å². The van der Waals surface area contributed by atoms with Gasteiger partial charge < -0.3 is 25.0 Å². The zero-order valence-corrected chi connectivity index (χ0v) is 16.2. The number of amides is 1. The van der Waals surface area contributed by atoms with E-state index in [4.69, 9.17) is 9.47 Å². The van der Waals surface area contributed by atoms with Gasteiger partial charge in [-0.15, -0.1) is 0 Å². The van der Waals surface area contributed by atoms with E-state index < -0.39 is 6.04 Å². The van der Waals surface area contributed by atoms with E-state index in [-0.39, 0.29) is 24.7 Å². The van der Waals surface area contributed by atoms with Crippen molar-refractivity contribution in [1.29, 1.82) is 0 Å². The molecule has 1 atom stereocenters. The fourth-order valence-corrected chi connectivity index (χ4v) is 2.99. The summed E-state index contributed by atoms with van der Waals surface area (Å²) in [6.45, 7) is -0.191. The van der Waals surface area contributed by atoms with Crippen molar-refractivity contribution < 1.29 is 24.5 Å². The molecule has 0 fully saturated rings. The van der Waals surface area contributed by atoms with Crippen LogP contribution in [0.25, 0.3) is 0 Å². The van der Waals surface area contributed by atoms with Crippen LogP contribution in [0.4, 0.5) is 0 Å². The number of phenolic OH excluding ortho intramolecular Hbond substituents is 1. The van der Waals surface area contributed by atoms with Crippen LogP contribution in [0.5, 0.6) is 17.2 Å². The minimum absolute atomic E-state index is 0.0711. The Bertz CT molecular complexity index is 740. The number of methoxy groups -OCH3 is 2. The van der Waals surface area contributed by atoms with Gasteiger partial charge in [-0.2, -0.15) is 0 Å². The second-order valence-electron chi connectivity index (χ2n) is 5.71. The number of aliphatic hydroxyl groups excluding tert-OH is 1. The first-order chi connectivity index (χ1) is 12.5. The molecule has 0 aromatic heterocycles. The third-order valence-electron chi connectivity index (χ3n) is 3.95. The lowest BCUT2D eigenvalue weighted by Crippen LogP contribution is -2.30. The summed E-state index contributed by atoms with van der Waals surface area (Å²) in [5.41, 5.74) is 1.62. The molecule has 7 heteroatoms. The number of hydrogen-bond donors (Lipinski definition) is 3. The Balaban J connectivity index is 2.02. The molecule has 140 valence electrons. The average molecular weight is 424 g/mol. The first-order valence-corrected chi connectivity index (χ1v) is 8.87. The van der Waals surface area contributed by atoms with Crippen LogP contribution < -0.4 is 14.8 Å². The maximum atomic E-state index is 12.3. The second-order valence-corrected chi connectivity index (χ2v) is 6.62. The summed E-state index contributed by atoms with van der Waals surface area (Å²) in [6.07, 6.45) is 0.664. The molecule has 3 N–H and O–H groups in total. The van der Waals surface area contributed by atoms with Crippen molar-refractivity contribution >= 4 is 21.8 Å². The molecule has 1 amide bonds. The number of phenols is 1. The predicted octanol–water partition coefficient (Wildman–Crippen LogP) is 2.95. The highest BCUT2D eigenvalue weighted by Gasteiger charge is 2.15. The zero-order valence-electron chi connectivity index (χ0n) is 14.7. The molecule has 0 aliphatic rings. The molecule has 0 aliphatic carbocycles. The van der Waals surface area contributed by atoms with Gasteiger partial charge in [0.2, 0.25) is 11.7 Å². The van der Waals surface area contributed by atoms with Crippen LogP contribution in [0.3, 0.4) is 0 Å². The van der Waals surface area contributed by atoms with E-state index in [2.05, 4.69) is 21.2 Å². The Morgan fingerprint density at radius 1 is 1.19 bits per heavy atom. The van der Waals surface area contributed by atoms with Gasteiger partial charge >= 0.3 is 0 Å². The van der Waals surface area contributed by atoms with Gasteiger partial charge in [0.25, 0.3) is 0 Å². The molecule has 6 nitrogen and oxygen atoms in total. The van der Waals surface area contributed by atoms with Crippen LogP contribution >= 0.6 is 15.9 Å². The fourth-order valence-electron chi connectivity index (χ4n) is 2.57. The highest BCUT2D eigenvalue weighted by atomic mass is 79.9. The van der Waals surface area contributed by atoms with Gasteiger partial charge in [-0.25, -0.2) is 0 Å². The molecule has 0 radical (unpaired) electrons. The van der Waals surface area contributed by atoms with Gasteiger partial charge in [-0.1, -0.05) is 28.1 Å². The third-order valence-corrected chi connectivity index (χ3v) is 4.44. The Labute approximate surface area is 160 Å². The number of aryl methyl sites for hydroxylation is 1. The minimum atomic E-state index is -0.469. The molecule has 1 unspecified atom stereocenters. The summed E-state index contributed by atoms with van der Waals surface area (Å²) in [4.78, 5) is 12.3. The first kappa shape index (κ1) is 20.1. The van der Waals surface area contributed by atoms with E-state index in [1.165, 1.54) is 14.2 Å². The Morgan fingerprint density at radius 3 is 2.38 bits per heavy atom. The van der Waals surface area contributed by atoms with Crippen molar-refractivity contribution in [2.75, 3.05) is 20.8 Å². The molecule has 0 saturated carbocycles. The Morgan fingerprint density at radius 2 is 1.85 bits per heavy atom. The number of rotatable bonds is 8. The molecule has 0 bridgehead atoms. The molecule has 0 spiro atoms. The lowest BCUT2D eigenvalue weighted by Gasteiger charge is -2.17. The monoisotopic (exact) mass is 423 g/mol. The number of halogens is 1. The lowest BCUT2D eigenvalue weighted by atomic mass is 10.1. The van der Waals surface area contributed by atoms with E-state index in [0.717, 1.165) is 15.6 Å². The van der Waals surface area contributed by atoms with Crippen molar-refractivity contribution in [2.24, 2.45) is 0 Å². The molecular formula is C19H22BrNO5. The van der Waals surface area contributed by atoms with Gasteiger partial charge in [-0.05, 0) is 41.8 Å². The van der Waals surface area contributed by atoms with Crippen molar-refractivity contribution in [3.63, 3.8) is 0 Å². The summed E-state index contributed by atoms with van der Waals surface area (Å²) in [6, 6.07) is 10.3. The molecule has 26 heavy (non-hydrogen) atoms. The van der Waals surface area contributed by atoms with E-state index in [9.17, 15) is 15.0 Å². The molecule has 0 aliphatic heterocycles. The van der Waals surface area contributed by atoms with Crippen LogP contribution in [0.2, 0.25) is 0 Å². The summed E-state index contributed by atoms with van der Waals surface area (Å²) in [5, 5.41) is 22.3. The van der Waals surface area contributed by atoms with Crippen molar-refractivity contribution in [2.45, 2.75) is 18.9 Å². The first-order valence-electron chi connectivity index (χ1n) is 8.08. The molecule has 2 rings (SSSR count). The van der Waals surface area contributed by atoms with Gasteiger partial charge in [0.1, 0.15) is 0 Å². The maximum absolute atomic E-state index is 12.3. The van der Waals surface area contributed by atoms with Gasteiger partial charge in [0.15, 0.2) is 11.5 Å². The molecular weight excluding hydrogens is 402 g/mol. The quantitative estimate of drug-likeness (QED) is 0.607. The minimum Gasteiger partial charge on any atom is -0.502 e. The smallest absolute Gasteiger partial charge is 0.220 e. The van der Waals surface area contributed by atoms with E-state index in [0.29, 0.717) is 17.9 Å². The van der Waals surface area contributed by atoms with Crippen LogP contribution in [0.1, 0.15) is 23.6 Å². The van der Waals surface area contributed by atoms with E-state index in [1.54, 1.807) is 12.1 Å². The summed E-state index contributed by atoms with van der Waals surface area (Å²) >= 11 is 3.38. The van der Waals surface area contributed by atoms with Crippen LogP contribution in [-0.2, 0) is 11.2 Å². The van der Waals surface area contributed by atoms with E-state index in [1.807, 2.05) is 24.3 Å². The van der Waals surface area contributed by atoms with Crippen molar-refractivity contribution in [1.82, 2.24) is 5.32 Å². The Kier molecular flexibility index (Phi) is 7.29. The summed E-state index contributed by atoms with van der Waals surface area (Å²) < 4.78 is 11.1. The van der Waals surface area contributed by atoms with Crippen molar-refractivity contribution in [3.05, 3.63) is 52.0 Å². The zero-order chi connectivity index (χ0) is 19.1. The number of aromatic hydroxyl groups is 1. The summed E-state index contributed by atoms with van der Waals surface area (Å²) in [5.74, 6) is 0.331. The average Bonchev–Trinajstić information content (AvgIpc) is 2.65. The predicted molar refractivity (Wildman–Crippen MR) is 102 cm³/mol. The third kappa shape index (κ3) is 5.12. The molecule has 2 aromatic carbocycles. The number of nitrogens with one attached hydrogen (secondary N) is 1. The number of ether oxygens (including phenoxy) is 2. The SMILES string of the molecule is COc1cc(CCC(=O)NC(CO)c2cccc(Br)c2)cc(OC)c1O. The van der Waals surface area contributed by atoms with Crippen LogP contribution in [0, 0.1) is 0 Å².